The third-order valence-corrected chi connectivity index (χ3v) is 3.15. The Morgan fingerprint density at radius 1 is 1.32 bits per heavy atom. The first kappa shape index (κ1) is 15.2. The summed E-state index contributed by atoms with van der Waals surface area (Å²) in [6.07, 6.45) is 1.42. The van der Waals surface area contributed by atoms with Gasteiger partial charge in [-0.1, -0.05) is 0 Å². The highest BCUT2D eigenvalue weighted by Gasteiger charge is 2.09. The number of hydrogen-bond donors (Lipinski definition) is 2. The summed E-state index contributed by atoms with van der Waals surface area (Å²) in [5.41, 5.74) is 3.26. The average Bonchev–Trinajstić information content (AvgIpc) is 2.55. The lowest BCUT2D eigenvalue weighted by molar-refractivity contribution is -0.137. The molecule has 0 aliphatic rings. The Morgan fingerprint density at radius 3 is 2.53 bits per heavy atom. The third kappa shape index (κ3) is 4.73. The lowest BCUT2D eigenvalue weighted by Gasteiger charge is -2.05. The second-order valence-electron chi connectivity index (χ2n) is 4.62. The first-order valence-electron chi connectivity index (χ1n) is 6.39. The molecule has 0 fully saturated rings. The predicted molar refractivity (Wildman–Crippen MR) is 70.9 cm³/mol. The number of amides is 1. The Labute approximate surface area is 112 Å². The van der Waals surface area contributed by atoms with Gasteiger partial charge in [0.05, 0.1) is 5.69 Å². The largest absolute Gasteiger partial charge is 0.481 e. The summed E-state index contributed by atoms with van der Waals surface area (Å²) >= 11 is 0. The van der Waals surface area contributed by atoms with Crippen molar-refractivity contribution in [3.8, 4) is 0 Å². The van der Waals surface area contributed by atoms with Gasteiger partial charge in [0.25, 0.3) is 0 Å². The molecule has 106 valence electrons. The second-order valence-corrected chi connectivity index (χ2v) is 4.62. The van der Waals surface area contributed by atoms with E-state index < -0.39 is 5.97 Å². The van der Waals surface area contributed by atoms with Crippen LogP contribution >= 0.6 is 0 Å². The van der Waals surface area contributed by atoms with Crippen LogP contribution in [0, 0.1) is 13.8 Å². The van der Waals surface area contributed by atoms with Gasteiger partial charge in [-0.2, -0.15) is 5.10 Å². The minimum absolute atomic E-state index is 0.0360. The number of nitrogens with one attached hydrogen (secondary N) is 1. The summed E-state index contributed by atoms with van der Waals surface area (Å²) in [5, 5.41) is 15.6. The highest BCUT2D eigenvalue weighted by Crippen LogP contribution is 2.11. The number of carbonyl (C=O) groups excluding carboxylic acids is 1. The molecule has 1 rings (SSSR count). The van der Waals surface area contributed by atoms with Crippen LogP contribution < -0.4 is 5.32 Å². The van der Waals surface area contributed by atoms with E-state index in [4.69, 9.17) is 5.11 Å². The summed E-state index contributed by atoms with van der Waals surface area (Å²) in [6, 6.07) is 0. The fraction of sp³-hybridized carbons (Fsp3) is 0.615. The van der Waals surface area contributed by atoms with Gasteiger partial charge in [-0.3, -0.25) is 14.3 Å². The number of carbonyl (C=O) groups is 2. The molecule has 6 heteroatoms. The Kier molecular flexibility index (Phi) is 5.54. The van der Waals surface area contributed by atoms with E-state index in [0.717, 1.165) is 23.4 Å². The van der Waals surface area contributed by atoms with Crippen LogP contribution in [0.1, 0.15) is 36.2 Å². The highest BCUT2D eigenvalue weighted by molar-refractivity contribution is 5.76. The topological polar surface area (TPSA) is 84.2 Å². The summed E-state index contributed by atoms with van der Waals surface area (Å²) < 4.78 is 1.83. The van der Waals surface area contributed by atoms with Crippen LogP contribution in [0.25, 0.3) is 0 Å². The molecule has 0 aliphatic carbocycles. The maximum Gasteiger partial charge on any atom is 0.303 e. The van der Waals surface area contributed by atoms with E-state index in [1.165, 1.54) is 0 Å². The zero-order valence-electron chi connectivity index (χ0n) is 11.7. The summed E-state index contributed by atoms with van der Waals surface area (Å²) in [5.74, 6) is -0.963. The van der Waals surface area contributed by atoms with Crippen molar-refractivity contribution in [3.05, 3.63) is 17.0 Å². The number of carboxylic acids is 1. The van der Waals surface area contributed by atoms with Gasteiger partial charge in [0.2, 0.25) is 5.91 Å². The first-order valence-corrected chi connectivity index (χ1v) is 6.39. The number of aliphatic carboxylic acids is 1. The van der Waals surface area contributed by atoms with E-state index in [0.29, 0.717) is 13.0 Å². The Hall–Kier alpha value is -1.85. The SMILES string of the molecule is Cc1nn(C)c(C)c1CCNC(=O)CCCC(=O)O. The Morgan fingerprint density at radius 2 is 2.00 bits per heavy atom. The molecule has 0 bridgehead atoms. The van der Waals surface area contributed by atoms with Crippen molar-refractivity contribution in [1.29, 1.82) is 0 Å². The van der Waals surface area contributed by atoms with E-state index in [9.17, 15) is 9.59 Å². The van der Waals surface area contributed by atoms with Crippen molar-refractivity contribution in [3.63, 3.8) is 0 Å². The summed E-state index contributed by atoms with van der Waals surface area (Å²) in [7, 11) is 1.90. The molecule has 0 radical (unpaired) electrons. The number of hydrogen-bond acceptors (Lipinski definition) is 3. The van der Waals surface area contributed by atoms with E-state index in [1.54, 1.807) is 0 Å². The number of nitrogens with zero attached hydrogens (tertiary/aromatic N) is 2. The predicted octanol–water partition coefficient (Wildman–Crippen LogP) is 0.951. The molecule has 6 nitrogen and oxygen atoms in total. The molecule has 0 spiro atoms. The van der Waals surface area contributed by atoms with Crippen molar-refractivity contribution in [2.24, 2.45) is 7.05 Å². The Balaban J connectivity index is 2.30. The van der Waals surface area contributed by atoms with Crippen LogP contribution in [-0.2, 0) is 23.1 Å². The smallest absolute Gasteiger partial charge is 0.303 e. The molecule has 0 saturated heterocycles. The monoisotopic (exact) mass is 267 g/mol. The molecular weight excluding hydrogens is 246 g/mol. The molecule has 1 heterocycles. The van der Waals surface area contributed by atoms with Crippen LogP contribution in [0.2, 0.25) is 0 Å². The average molecular weight is 267 g/mol. The number of rotatable bonds is 7. The van der Waals surface area contributed by atoms with Gasteiger partial charge in [-0.05, 0) is 32.3 Å². The third-order valence-electron chi connectivity index (χ3n) is 3.15. The molecule has 0 aromatic carbocycles. The molecule has 1 aromatic rings. The highest BCUT2D eigenvalue weighted by atomic mass is 16.4. The van der Waals surface area contributed by atoms with E-state index in [-0.39, 0.29) is 18.7 Å². The minimum atomic E-state index is -0.866. The van der Waals surface area contributed by atoms with Gasteiger partial charge >= 0.3 is 5.97 Å². The molecule has 0 unspecified atom stereocenters. The normalized spacial score (nSPS) is 10.5. The molecule has 2 N–H and O–H groups in total. The van der Waals surface area contributed by atoms with Crippen molar-refractivity contribution >= 4 is 11.9 Å². The van der Waals surface area contributed by atoms with Gasteiger partial charge in [-0.15, -0.1) is 0 Å². The van der Waals surface area contributed by atoms with Gasteiger partial charge in [-0.25, -0.2) is 0 Å². The Bertz CT molecular complexity index is 466. The first-order chi connectivity index (χ1) is 8.91. The second kappa shape index (κ2) is 6.92. The summed E-state index contributed by atoms with van der Waals surface area (Å²) in [6.45, 7) is 4.51. The van der Waals surface area contributed by atoms with Crippen LogP contribution in [0.5, 0.6) is 0 Å². The van der Waals surface area contributed by atoms with Gasteiger partial charge < -0.3 is 10.4 Å². The molecule has 0 atom stereocenters. The fourth-order valence-electron chi connectivity index (χ4n) is 1.99. The number of aryl methyl sites for hydroxylation is 2. The fourth-order valence-corrected chi connectivity index (χ4v) is 1.99. The molecule has 0 aliphatic heterocycles. The maximum atomic E-state index is 11.5. The minimum Gasteiger partial charge on any atom is -0.481 e. The lowest BCUT2D eigenvalue weighted by Crippen LogP contribution is -2.25. The lowest BCUT2D eigenvalue weighted by atomic mass is 10.1. The zero-order valence-corrected chi connectivity index (χ0v) is 11.7. The standard InChI is InChI=1S/C13H21N3O3/c1-9-11(10(2)16(3)15-9)7-8-14-12(17)5-4-6-13(18)19/h4-8H2,1-3H3,(H,14,17)(H,18,19). The van der Waals surface area contributed by atoms with Crippen molar-refractivity contribution in [2.45, 2.75) is 39.5 Å². The van der Waals surface area contributed by atoms with Crippen LogP contribution in [0.3, 0.4) is 0 Å². The molecule has 0 saturated carbocycles. The quantitative estimate of drug-likeness (QED) is 0.770. The zero-order chi connectivity index (χ0) is 14.4. The van der Waals surface area contributed by atoms with E-state index in [1.807, 2.05) is 25.6 Å². The molecular formula is C13H21N3O3. The van der Waals surface area contributed by atoms with Crippen molar-refractivity contribution in [1.82, 2.24) is 15.1 Å². The van der Waals surface area contributed by atoms with Crippen molar-refractivity contribution in [2.75, 3.05) is 6.54 Å². The number of aromatic nitrogens is 2. The maximum absolute atomic E-state index is 11.5. The number of carboxylic acid groups (broad SMARTS) is 1. The van der Waals surface area contributed by atoms with Crippen LogP contribution in [-0.4, -0.2) is 33.3 Å². The molecule has 1 amide bonds. The van der Waals surface area contributed by atoms with E-state index in [2.05, 4.69) is 10.4 Å². The van der Waals surface area contributed by atoms with Gasteiger partial charge in [0.1, 0.15) is 0 Å². The molecule has 1 aromatic heterocycles. The van der Waals surface area contributed by atoms with E-state index >= 15 is 0 Å². The van der Waals surface area contributed by atoms with Crippen molar-refractivity contribution < 1.29 is 14.7 Å². The van der Waals surface area contributed by atoms with Crippen LogP contribution in [0.15, 0.2) is 0 Å². The summed E-state index contributed by atoms with van der Waals surface area (Å²) in [4.78, 5) is 21.8. The van der Waals surface area contributed by atoms with Gasteiger partial charge in [0.15, 0.2) is 0 Å². The van der Waals surface area contributed by atoms with Gasteiger partial charge in [0, 0.05) is 32.1 Å². The molecule has 19 heavy (non-hydrogen) atoms. The van der Waals surface area contributed by atoms with Crippen LogP contribution in [0.4, 0.5) is 0 Å².